The summed E-state index contributed by atoms with van der Waals surface area (Å²) < 4.78 is 22.6. The fraction of sp³-hybridized carbons (Fsp3) is 1.00. The van der Waals surface area contributed by atoms with Crippen molar-refractivity contribution in [1.29, 1.82) is 0 Å². The summed E-state index contributed by atoms with van der Waals surface area (Å²) in [5, 5.41) is 2.99. The zero-order valence-electron chi connectivity index (χ0n) is 7.00. The standard InChI is InChI=1S/C7H15NO2S/c1-3-7-6(2)11(9,10)5-4-8-7/h6-8H,3-5H2,1-2H3. The molecule has 0 amide bonds. The highest BCUT2D eigenvalue weighted by molar-refractivity contribution is 7.92. The minimum atomic E-state index is -2.79. The van der Waals surface area contributed by atoms with Crippen molar-refractivity contribution in [3.63, 3.8) is 0 Å². The molecule has 1 fully saturated rings. The largest absolute Gasteiger partial charge is 0.312 e. The van der Waals surface area contributed by atoms with Gasteiger partial charge in [0.2, 0.25) is 0 Å². The molecule has 1 aliphatic rings. The second-order valence-corrected chi connectivity index (χ2v) is 5.52. The average Bonchev–Trinajstić information content (AvgIpc) is 1.95. The van der Waals surface area contributed by atoms with E-state index in [0.29, 0.717) is 12.3 Å². The SMILES string of the molecule is CCC1NCCS(=O)(=O)C1C. The Morgan fingerprint density at radius 1 is 1.55 bits per heavy atom. The quantitative estimate of drug-likeness (QED) is 0.621. The van der Waals surface area contributed by atoms with Crippen LogP contribution in [0.15, 0.2) is 0 Å². The van der Waals surface area contributed by atoms with Crippen LogP contribution in [0.1, 0.15) is 20.3 Å². The molecule has 4 heteroatoms. The lowest BCUT2D eigenvalue weighted by Crippen LogP contribution is -2.50. The Morgan fingerprint density at radius 2 is 2.18 bits per heavy atom. The molecule has 0 bridgehead atoms. The van der Waals surface area contributed by atoms with Gasteiger partial charge >= 0.3 is 0 Å². The first-order valence-electron chi connectivity index (χ1n) is 4.03. The van der Waals surface area contributed by atoms with E-state index in [4.69, 9.17) is 0 Å². The zero-order chi connectivity index (χ0) is 8.48. The van der Waals surface area contributed by atoms with Gasteiger partial charge in [-0.15, -0.1) is 0 Å². The number of nitrogens with one attached hydrogen (secondary N) is 1. The summed E-state index contributed by atoms with van der Waals surface area (Å²) in [7, 11) is -2.79. The molecule has 0 aromatic carbocycles. The van der Waals surface area contributed by atoms with E-state index in [0.717, 1.165) is 6.42 Å². The van der Waals surface area contributed by atoms with Crippen LogP contribution >= 0.6 is 0 Å². The third kappa shape index (κ3) is 1.73. The third-order valence-corrected chi connectivity index (χ3v) is 4.60. The summed E-state index contributed by atoms with van der Waals surface area (Å²) in [5.74, 6) is 0.296. The van der Waals surface area contributed by atoms with Crippen molar-refractivity contribution in [1.82, 2.24) is 5.32 Å². The molecule has 2 atom stereocenters. The molecule has 3 nitrogen and oxygen atoms in total. The van der Waals surface area contributed by atoms with Crippen LogP contribution in [0.4, 0.5) is 0 Å². The highest BCUT2D eigenvalue weighted by atomic mass is 32.2. The normalized spacial score (nSPS) is 36.9. The van der Waals surface area contributed by atoms with Gasteiger partial charge in [0.1, 0.15) is 0 Å². The van der Waals surface area contributed by atoms with Crippen LogP contribution in [0.3, 0.4) is 0 Å². The van der Waals surface area contributed by atoms with Crippen molar-refractivity contribution >= 4 is 9.84 Å². The molecule has 0 spiro atoms. The van der Waals surface area contributed by atoms with Crippen molar-refractivity contribution in [3.8, 4) is 0 Å². The van der Waals surface area contributed by atoms with Crippen molar-refractivity contribution in [2.24, 2.45) is 0 Å². The summed E-state index contributed by atoms with van der Waals surface area (Å²) >= 11 is 0. The molecule has 1 aliphatic heterocycles. The first-order valence-corrected chi connectivity index (χ1v) is 5.74. The van der Waals surface area contributed by atoms with Crippen LogP contribution < -0.4 is 5.32 Å². The minimum absolute atomic E-state index is 0.161. The molecule has 0 saturated carbocycles. The predicted octanol–water partition coefficient (Wildman–Crippen LogP) is 0.171. The Hall–Kier alpha value is -0.0900. The first-order chi connectivity index (χ1) is 5.08. The Bertz CT molecular complexity index is 223. The monoisotopic (exact) mass is 177 g/mol. The lowest BCUT2D eigenvalue weighted by molar-refractivity contribution is 0.460. The van der Waals surface area contributed by atoms with Crippen molar-refractivity contribution in [2.75, 3.05) is 12.3 Å². The Labute approximate surface area is 68.1 Å². The van der Waals surface area contributed by atoms with Crippen molar-refractivity contribution < 1.29 is 8.42 Å². The fourth-order valence-electron chi connectivity index (χ4n) is 1.46. The van der Waals surface area contributed by atoms with E-state index in [9.17, 15) is 8.42 Å². The molecule has 1 heterocycles. The van der Waals surface area contributed by atoms with Crippen LogP contribution in [0.2, 0.25) is 0 Å². The van der Waals surface area contributed by atoms with E-state index in [2.05, 4.69) is 5.32 Å². The zero-order valence-corrected chi connectivity index (χ0v) is 7.82. The van der Waals surface area contributed by atoms with Gasteiger partial charge in [0, 0.05) is 12.6 Å². The molecule has 0 radical (unpaired) electrons. The Morgan fingerprint density at radius 3 is 2.64 bits per heavy atom. The number of hydrogen-bond acceptors (Lipinski definition) is 3. The number of rotatable bonds is 1. The maximum Gasteiger partial charge on any atom is 0.155 e. The lowest BCUT2D eigenvalue weighted by atomic mass is 10.1. The highest BCUT2D eigenvalue weighted by Gasteiger charge is 2.31. The molecule has 1 N–H and O–H groups in total. The lowest BCUT2D eigenvalue weighted by Gasteiger charge is -2.28. The van der Waals surface area contributed by atoms with Gasteiger partial charge in [0.15, 0.2) is 9.84 Å². The first kappa shape index (κ1) is 9.00. The van der Waals surface area contributed by atoms with E-state index in [-0.39, 0.29) is 11.3 Å². The molecule has 0 aromatic heterocycles. The summed E-state index contributed by atoms with van der Waals surface area (Å²) in [6.45, 7) is 4.41. The highest BCUT2D eigenvalue weighted by Crippen LogP contribution is 2.13. The smallest absolute Gasteiger partial charge is 0.155 e. The van der Waals surface area contributed by atoms with Crippen LogP contribution in [0, 0.1) is 0 Å². The average molecular weight is 177 g/mol. The van der Waals surface area contributed by atoms with E-state index < -0.39 is 9.84 Å². The molecule has 1 saturated heterocycles. The third-order valence-electron chi connectivity index (χ3n) is 2.37. The van der Waals surface area contributed by atoms with Crippen molar-refractivity contribution in [3.05, 3.63) is 0 Å². The van der Waals surface area contributed by atoms with Gasteiger partial charge in [-0.25, -0.2) is 8.42 Å². The minimum Gasteiger partial charge on any atom is -0.312 e. The summed E-state index contributed by atoms with van der Waals surface area (Å²) in [6.07, 6.45) is 0.889. The molecule has 0 aliphatic carbocycles. The number of sulfone groups is 1. The summed E-state index contributed by atoms with van der Waals surface area (Å²) in [5.41, 5.74) is 0. The van der Waals surface area contributed by atoms with Crippen molar-refractivity contribution in [2.45, 2.75) is 31.6 Å². The van der Waals surface area contributed by atoms with Gasteiger partial charge in [-0.1, -0.05) is 6.92 Å². The molecule has 66 valence electrons. The van der Waals surface area contributed by atoms with E-state index >= 15 is 0 Å². The van der Waals surface area contributed by atoms with Crippen LogP contribution in [0.25, 0.3) is 0 Å². The van der Waals surface area contributed by atoms with E-state index in [1.807, 2.05) is 6.92 Å². The topological polar surface area (TPSA) is 46.2 Å². The molecular formula is C7H15NO2S. The van der Waals surface area contributed by atoms with Crippen LogP contribution in [-0.4, -0.2) is 32.0 Å². The second-order valence-electron chi connectivity index (χ2n) is 3.04. The van der Waals surface area contributed by atoms with Gasteiger partial charge in [0.05, 0.1) is 11.0 Å². The summed E-state index contributed by atoms with van der Waals surface area (Å²) in [6, 6.07) is 0.161. The Balaban J connectivity index is 2.76. The predicted molar refractivity (Wildman–Crippen MR) is 45.3 cm³/mol. The number of hydrogen-bond donors (Lipinski definition) is 1. The molecule has 11 heavy (non-hydrogen) atoms. The maximum absolute atomic E-state index is 11.3. The van der Waals surface area contributed by atoms with Crippen LogP contribution in [-0.2, 0) is 9.84 Å². The van der Waals surface area contributed by atoms with Gasteiger partial charge in [-0.2, -0.15) is 0 Å². The molecular weight excluding hydrogens is 162 g/mol. The maximum atomic E-state index is 11.3. The van der Waals surface area contributed by atoms with Crippen LogP contribution in [0.5, 0.6) is 0 Å². The fourth-order valence-corrected chi connectivity index (χ4v) is 3.03. The van der Waals surface area contributed by atoms with Gasteiger partial charge in [-0.3, -0.25) is 0 Å². The van der Waals surface area contributed by atoms with Gasteiger partial charge in [0.25, 0.3) is 0 Å². The second kappa shape index (κ2) is 3.11. The molecule has 0 aromatic rings. The van der Waals surface area contributed by atoms with E-state index in [1.165, 1.54) is 0 Å². The molecule has 2 unspecified atom stereocenters. The molecule has 1 rings (SSSR count). The summed E-state index contributed by atoms with van der Waals surface area (Å²) in [4.78, 5) is 0. The van der Waals surface area contributed by atoms with Gasteiger partial charge in [-0.05, 0) is 13.3 Å². The van der Waals surface area contributed by atoms with E-state index in [1.54, 1.807) is 6.92 Å². The Kier molecular flexibility index (Phi) is 2.54. The van der Waals surface area contributed by atoms with Gasteiger partial charge < -0.3 is 5.32 Å².